The molecule has 3 heteroatoms. The smallest absolute Gasteiger partial charge is 0.0591 e. The first-order valence-corrected chi connectivity index (χ1v) is 6.63. The fourth-order valence-corrected chi connectivity index (χ4v) is 2.00. The number of ether oxygens (including phenoxy) is 1. The first kappa shape index (κ1) is 12.5. The molecule has 1 N–H and O–H groups in total. The summed E-state index contributed by atoms with van der Waals surface area (Å²) in [6.07, 6.45) is 7.34. The van der Waals surface area contributed by atoms with Gasteiger partial charge >= 0.3 is 0 Å². The van der Waals surface area contributed by atoms with Crippen molar-refractivity contribution in [1.82, 2.24) is 10.3 Å². The lowest BCUT2D eigenvalue weighted by Crippen LogP contribution is -2.21. The maximum absolute atomic E-state index is 5.60. The molecule has 1 heterocycles. The molecule has 0 unspecified atom stereocenters. The van der Waals surface area contributed by atoms with E-state index in [-0.39, 0.29) is 0 Å². The molecular weight excluding hydrogens is 212 g/mol. The Hall–Kier alpha value is -0.930. The Morgan fingerprint density at radius 3 is 2.94 bits per heavy atom. The average molecular weight is 234 g/mol. The molecule has 1 aliphatic rings. The van der Waals surface area contributed by atoms with Crippen LogP contribution in [0.1, 0.15) is 31.4 Å². The molecule has 0 aliphatic heterocycles. The van der Waals surface area contributed by atoms with E-state index in [1.165, 1.54) is 25.7 Å². The second-order valence-electron chi connectivity index (χ2n) is 4.70. The van der Waals surface area contributed by atoms with E-state index in [9.17, 15) is 0 Å². The lowest BCUT2D eigenvalue weighted by atomic mass is 9.83. The molecule has 1 fully saturated rings. The monoisotopic (exact) mass is 234 g/mol. The number of pyridine rings is 1. The number of aromatic nitrogens is 1. The van der Waals surface area contributed by atoms with Crippen molar-refractivity contribution >= 4 is 0 Å². The van der Waals surface area contributed by atoms with E-state index < -0.39 is 0 Å². The predicted octanol–water partition coefficient (Wildman–Crippen LogP) is 2.38. The highest BCUT2D eigenvalue weighted by Crippen LogP contribution is 2.28. The van der Waals surface area contributed by atoms with E-state index in [0.29, 0.717) is 0 Å². The molecule has 2 rings (SSSR count). The van der Waals surface area contributed by atoms with E-state index in [2.05, 4.69) is 10.3 Å². The fourth-order valence-electron chi connectivity index (χ4n) is 2.00. The highest BCUT2D eigenvalue weighted by molar-refractivity contribution is 5.02. The number of hydrogen-bond acceptors (Lipinski definition) is 3. The molecule has 0 radical (unpaired) electrons. The van der Waals surface area contributed by atoms with Crippen LogP contribution in [0, 0.1) is 5.92 Å². The van der Waals surface area contributed by atoms with Gasteiger partial charge in [0.2, 0.25) is 0 Å². The van der Waals surface area contributed by atoms with Crippen molar-refractivity contribution < 1.29 is 4.74 Å². The summed E-state index contributed by atoms with van der Waals surface area (Å²) in [5, 5.41) is 3.33. The topological polar surface area (TPSA) is 34.1 Å². The van der Waals surface area contributed by atoms with Crippen LogP contribution in [0.4, 0.5) is 0 Å². The molecule has 0 saturated heterocycles. The molecule has 1 aliphatic carbocycles. The Morgan fingerprint density at radius 2 is 2.24 bits per heavy atom. The summed E-state index contributed by atoms with van der Waals surface area (Å²) in [7, 11) is 0. The zero-order chi connectivity index (χ0) is 11.8. The number of nitrogens with one attached hydrogen (secondary N) is 1. The van der Waals surface area contributed by atoms with Crippen molar-refractivity contribution in [2.75, 3.05) is 19.8 Å². The van der Waals surface area contributed by atoms with Crippen molar-refractivity contribution in [1.29, 1.82) is 0 Å². The largest absolute Gasteiger partial charge is 0.380 e. The zero-order valence-electron chi connectivity index (χ0n) is 10.4. The first-order chi connectivity index (χ1) is 8.45. The normalized spacial score (nSPS) is 15.8. The Bertz CT molecular complexity index is 298. The predicted molar refractivity (Wildman–Crippen MR) is 68.7 cm³/mol. The molecule has 0 atom stereocenters. The summed E-state index contributed by atoms with van der Waals surface area (Å²) in [6.45, 7) is 3.46. The fraction of sp³-hybridized carbons (Fsp3) is 0.643. The molecule has 0 spiro atoms. The van der Waals surface area contributed by atoms with E-state index >= 15 is 0 Å². The highest BCUT2D eigenvalue weighted by atomic mass is 16.5. The summed E-state index contributed by atoms with van der Waals surface area (Å²) in [5.74, 6) is 0.955. The molecule has 1 saturated carbocycles. The van der Waals surface area contributed by atoms with Crippen LogP contribution in [-0.2, 0) is 11.3 Å². The number of hydrogen-bond donors (Lipinski definition) is 1. The van der Waals surface area contributed by atoms with Gasteiger partial charge in [-0.2, -0.15) is 0 Å². The molecule has 3 nitrogen and oxygen atoms in total. The highest BCUT2D eigenvalue weighted by Gasteiger charge is 2.16. The maximum Gasteiger partial charge on any atom is 0.0591 e. The van der Waals surface area contributed by atoms with Crippen LogP contribution in [0.15, 0.2) is 24.4 Å². The summed E-state index contributed by atoms with van der Waals surface area (Å²) in [4.78, 5) is 4.25. The van der Waals surface area contributed by atoms with Crippen LogP contribution in [0.2, 0.25) is 0 Å². The van der Waals surface area contributed by atoms with E-state index in [1.54, 1.807) is 0 Å². The van der Waals surface area contributed by atoms with Gasteiger partial charge in [0.05, 0.1) is 12.3 Å². The third-order valence-electron chi connectivity index (χ3n) is 3.35. The quantitative estimate of drug-likeness (QED) is 0.701. The van der Waals surface area contributed by atoms with Gasteiger partial charge in [0.25, 0.3) is 0 Å². The number of nitrogens with zero attached hydrogens (tertiary/aromatic N) is 1. The molecule has 0 bridgehead atoms. The van der Waals surface area contributed by atoms with Gasteiger partial charge in [-0.15, -0.1) is 0 Å². The first-order valence-electron chi connectivity index (χ1n) is 6.63. The minimum Gasteiger partial charge on any atom is -0.380 e. The minimum absolute atomic E-state index is 0.805. The van der Waals surface area contributed by atoms with Crippen LogP contribution >= 0.6 is 0 Å². The minimum atomic E-state index is 0.805. The Kier molecular flexibility index (Phi) is 5.46. The summed E-state index contributed by atoms with van der Waals surface area (Å²) < 4.78 is 5.60. The molecule has 0 amide bonds. The van der Waals surface area contributed by atoms with Gasteiger partial charge in [-0.1, -0.05) is 25.3 Å². The van der Waals surface area contributed by atoms with Crippen LogP contribution in [0.25, 0.3) is 0 Å². The lowest BCUT2D eigenvalue weighted by Gasteiger charge is -2.24. The van der Waals surface area contributed by atoms with Crippen molar-refractivity contribution in [3.8, 4) is 0 Å². The van der Waals surface area contributed by atoms with E-state index in [1.807, 2.05) is 24.4 Å². The summed E-state index contributed by atoms with van der Waals surface area (Å²) in [5.41, 5.74) is 1.09. The standard InChI is InChI=1S/C14H22N2O/c1-2-8-16-14(6-1)12-15-9-11-17-10-7-13-4-3-5-13/h1-2,6,8,13,15H,3-5,7,9-12H2. The third kappa shape index (κ3) is 4.84. The van der Waals surface area contributed by atoms with Crippen LogP contribution in [0.5, 0.6) is 0 Å². The van der Waals surface area contributed by atoms with Crippen molar-refractivity contribution in [2.45, 2.75) is 32.2 Å². The molecule has 0 aromatic carbocycles. The van der Waals surface area contributed by atoms with Crippen LogP contribution in [0.3, 0.4) is 0 Å². The number of rotatable bonds is 8. The molecule has 1 aromatic heterocycles. The van der Waals surface area contributed by atoms with Gasteiger partial charge in [0.1, 0.15) is 0 Å². The molecule has 94 valence electrons. The lowest BCUT2D eigenvalue weighted by molar-refractivity contribution is 0.108. The molecular formula is C14H22N2O. The van der Waals surface area contributed by atoms with Crippen LogP contribution < -0.4 is 5.32 Å². The summed E-state index contributed by atoms with van der Waals surface area (Å²) >= 11 is 0. The van der Waals surface area contributed by atoms with Gasteiger partial charge < -0.3 is 10.1 Å². The Labute approximate surface area is 104 Å². The van der Waals surface area contributed by atoms with Crippen molar-refractivity contribution in [3.05, 3.63) is 30.1 Å². The van der Waals surface area contributed by atoms with E-state index in [0.717, 1.165) is 37.9 Å². The van der Waals surface area contributed by atoms with Gasteiger partial charge in [-0.05, 0) is 24.5 Å². The second kappa shape index (κ2) is 7.41. The maximum atomic E-state index is 5.60. The van der Waals surface area contributed by atoms with Gasteiger partial charge in [-0.25, -0.2) is 0 Å². The zero-order valence-corrected chi connectivity index (χ0v) is 10.4. The summed E-state index contributed by atoms with van der Waals surface area (Å²) in [6, 6.07) is 5.98. The second-order valence-corrected chi connectivity index (χ2v) is 4.70. The molecule has 1 aromatic rings. The average Bonchev–Trinajstić information content (AvgIpc) is 2.31. The van der Waals surface area contributed by atoms with Crippen molar-refractivity contribution in [3.63, 3.8) is 0 Å². The van der Waals surface area contributed by atoms with Gasteiger partial charge in [0, 0.05) is 25.9 Å². The van der Waals surface area contributed by atoms with Crippen molar-refractivity contribution in [2.24, 2.45) is 5.92 Å². The van der Waals surface area contributed by atoms with Crippen LogP contribution in [-0.4, -0.2) is 24.7 Å². The molecule has 17 heavy (non-hydrogen) atoms. The SMILES string of the molecule is c1ccc(CNCCOCCC2CCC2)nc1. The van der Waals surface area contributed by atoms with E-state index in [4.69, 9.17) is 4.74 Å². The van der Waals surface area contributed by atoms with Gasteiger partial charge in [0.15, 0.2) is 0 Å². The third-order valence-corrected chi connectivity index (χ3v) is 3.35. The van der Waals surface area contributed by atoms with Gasteiger partial charge in [-0.3, -0.25) is 4.98 Å². The Morgan fingerprint density at radius 1 is 1.29 bits per heavy atom. The Balaban J connectivity index is 1.41.